The minimum atomic E-state index is 0. The zero-order valence-electron chi connectivity index (χ0n) is 68.9. The van der Waals surface area contributed by atoms with Crippen LogP contribution in [0.3, 0.4) is 0 Å². The van der Waals surface area contributed by atoms with Crippen molar-refractivity contribution in [2.45, 2.75) is 45.2 Å². The molecule has 128 heavy (non-hydrogen) atoms. The number of nitrogens with zero attached hydrogens (tertiary/aromatic N) is 5. The Hall–Kier alpha value is -15.6. The maximum atomic E-state index is 6.30. The van der Waals surface area contributed by atoms with E-state index in [-0.39, 0.29) is 19.5 Å². The lowest BCUT2D eigenvalue weighted by molar-refractivity contribution is 0.385. The molecule has 29 rings (SSSR count). The SMILES string of the molecule is Brc1ccc2oc3ccccc3c2c1.C.N[C@@H]1CCCC[C@H]1N.c1ccc2c(c1)c1ccccc1n2-c1ccc2[nH]c3cc4c(cc3c2c1)[nH]c1ccc(-n2c3ccccc3c3ccccc32)cc14.c1ccc2c(c1)oc1ccc(-n3c4ccc(-n5c6ccccc6c6ccccc65)cc4c4cc5[nH]c6ccc(-n7c8ccccc8c8ccccc87)cc6c5cc43)cc12. The summed E-state index contributed by atoms with van der Waals surface area (Å²) in [7, 11) is 0. The van der Waals surface area contributed by atoms with E-state index in [9.17, 15) is 0 Å². The summed E-state index contributed by atoms with van der Waals surface area (Å²) in [6.45, 7) is 0. The lowest BCUT2D eigenvalue weighted by Gasteiger charge is -2.24. The Labute approximate surface area is 741 Å². The van der Waals surface area contributed by atoms with Gasteiger partial charge >= 0.3 is 0 Å². The van der Waals surface area contributed by atoms with Crippen molar-refractivity contribution in [2.24, 2.45) is 11.5 Å². The van der Waals surface area contributed by atoms with Crippen LogP contribution in [0, 0.1) is 0 Å². The summed E-state index contributed by atoms with van der Waals surface area (Å²) in [6.07, 6.45) is 4.80. The predicted octanol–water partition coefficient (Wildman–Crippen LogP) is 30.9. The summed E-state index contributed by atoms with van der Waals surface area (Å²) < 4.78 is 25.1. The van der Waals surface area contributed by atoms with E-state index in [1.807, 2.05) is 42.5 Å². The van der Waals surface area contributed by atoms with Crippen molar-refractivity contribution in [2.75, 3.05) is 0 Å². The molecule has 1 saturated carbocycles. The van der Waals surface area contributed by atoms with Gasteiger partial charge in [0.15, 0.2) is 0 Å². The van der Waals surface area contributed by atoms with Crippen molar-refractivity contribution in [3.8, 4) is 28.4 Å². The molecule has 10 heterocycles. The van der Waals surface area contributed by atoms with Crippen molar-refractivity contribution in [3.63, 3.8) is 0 Å². The average molecular weight is 1720 g/mol. The van der Waals surface area contributed by atoms with Crippen LogP contribution in [-0.2, 0) is 0 Å². The highest BCUT2D eigenvalue weighted by Gasteiger charge is 2.24. The minimum absolute atomic E-state index is 0. The van der Waals surface area contributed by atoms with E-state index in [0.29, 0.717) is 0 Å². The number of hydrogen-bond donors (Lipinski definition) is 5. The molecule has 13 heteroatoms. The Balaban J connectivity index is 0.000000113. The molecular formula is C115H83BrN10O2. The van der Waals surface area contributed by atoms with E-state index in [1.54, 1.807) is 0 Å². The summed E-state index contributed by atoms with van der Waals surface area (Å²) in [4.78, 5) is 11.3. The Morgan fingerprint density at radius 1 is 0.211 bits per heavy atom. The highest BCUT2D eigenvalue weighted by atomic mass is 79.9. The number of benzene rings is 18. The first-order valence-electron chi connectivity index (χ1n) is 43.7. The third-order valence-electron chi connectivity index (χ3n) is 26.9. The summed E-state index contributed by atoms with van der Waals surface area (Å²) in [6, 6.07) is 136. The predicted molar refractivity (Wildman–Crippen MR) is 543 cm³/mol. The van der Waals surface area contributed by atoms with Gasteiger partial charge in [-0.05, 0) is 207 Å². The van der Waals surface area contributed by atoms with Crippen molar-refractivity contribution in [1.82, 2.24) is 37.8 Å². The van der Waals surface area contributed by atoms with Gasteiger partial charge in [0.2, 0.25) is 0 Å². The molecule has 1 aliphatic carbocycles. The van der Waals surface area contributed by atoms with Gasteiger partial charge < -0.3 is 58.1 Å². The number of aromatic amines is 3. The Bertz CT molecular complexity index is 8980. The first kappa shape index (κ1) is 74.9. The molecule has 1 fully saturated rings. The average Bonchev–Trinajstić information content (AvgIpc) is 1.56. The van der Waals surface area contributed by atoms with Crippen LogP contribution < -0.4 is 11.5 Å². The molecule has 0 unspecified atom stereocenters. The maximum Gasteiger partial charge on any atom is 0.135 e. The number of hydrogen-bond acceptors (Lipinski definition) is 4. The van der Waals surface area contributed by atoms with Crippen molar-refractivity contribution in [1.29, 1.82) is 0 Å². The lowest BCUT2D eigenvalue weighted by atomic mass is 9.92. The second-order valence-corrected chi connectivity index (χ2v) is 35.0. The number of rotatable bonds is 5. The van der Waals surface area contributed by atoms with E-state index in [0.717, 1.165) is 117 Å². The fourth-order valence-electron chi connectivity index (χ4n) is 21.0. The summed E-state index contributed by atoms with van der Waals surface area (Å²) in [5.41, 5.74) is 39.5. The van der Waals surface area contributed by atoms with E-state index in [2.05, 4.69) is 387 Å². The van der Waals surface area contributed by atoms with E-state index < -0.39 is 0 Å². The maximum absolute atomic E-state index is 6.30. The largest absolute Gasteiger partial charge is 0.456 e. The second kappa shape index (κ2) is 29.5. The van der Waals surface area contributed by atoms with Gasteiger partial charge in [0, 0.05) is 186 Å². The number of fused-ring (bicyclic) bond motifs is 30. The van der Waals surface area contributed by atoms with Crippen LogP contribution >= 0.6 is 15.9 Å². The molecule has 18 aromatic carbocycles. The monoisotopic (exact) mass is 1710 g/mol. The zero-order chi connectivity index (χ0) is 83.8. The van der Waals surface area contributed by atoms with Gasteiger partial charge in [-0.25, -0.2) is 0 Å². The van der Waals surface area contributed by atoms with E-state index >= 15 is 0 Å². The molecular weight excluding hydrogens is 1630 g/mol. The molecule has 0 amide bonds. The molecule has 7 N–H and O–H groups in total. The van der Waals surface area contributed by atoms with Crippen LogP contribution in [0.25, 0.3) is 247 Å². The number of nitrogens with one attached hydrogen (secondary N) is 3. The van der Waals surface area contributed by atoms with Gasteiger partial charge in [0.25, 0.3) is 0 Å². The molecule has 0 bridgehead atoms. The number of halogens is 1. The molecule has 12 nitrogen and oxygen atoms in total. The van der Waals surface area contributed by atoms with Crippen LogP contribution in [0.4, 0.5) is 0 Å². The topological polar surface area (TPSA) is 150 Å². The zero-order valence-corrected chi connectivity index (χ0v) is 70.5. The summed E-state index contributed by atoms with van der Waals surface area (Å²) >= 11 is 3.46. The van der Waals surface area contributed by atoms with Crippen LogP contribution in [0.15, 0.2) is 389 Å². The van der Waals surface area contributed by atoms with Crippen LogP contribution in [-0.4, -0.2) is 49.9 Å². The van der Waals surface area contributed by atoms with Crippen LogP contribution in [0.2, 0.25) is 0 Å². The standard InChI is InChI=1S/C54H32N4O.C42H26N4.C12H7BrO.C6H14N2.CH4/c1-6-16-47-35(11-1)36-12-2-7-17-48(36)56(47)32-21-24-45-40(27-32)41-31-52-43(30-46(41)55-45)42-28-33(57-49-18-8-3-13-37(49)38-14-4-9-19-50(38)57)22-25-51(42)58(52)34-23-26-54-44(29-34)39-15-5-10-20-53(39)59-54;1-5-13-39-27(9-1)28-10-2-6-14-40(28)45(39)25-17-19-35-31(21-25)33-23-38-34(24-37(33)43-35)32-22-26(18-20-36(32)44-38)46-41-15-7-3-11-29(41)30-12-4-8-16-42(30)46;13-8-5-6-12-10(7-8)9-3-1-2-4-11(9)14-12;7-5-3-1-2-4-6(5)8;/h1-31,55H;1-24,43-44H;1-7H;5-6H,1-4,7-8H2;1H4/t;;;5-,6-;/m...1./s1. The molecule has 0 radical (unpaired) electrons. The number of aromatic nitrogens is 8. The van der Waals surface area contributed by atoms with Gasteiger partial charge in [-0.2, -0.15) is 0 Å². The normalized spacial score (nSPS) is 13.9. The minimum Gasteiger partial charge on any atom is -0.456 e. The first-order valence-corrected chi connectivity index (χ1v) is 44.5. The summed E-state index contributed by atoms with van der Waals surface area (Å²) in [5, 5.41) is 24.4. The Morgan fingerprint density at radius 3 is 0.812 bits per heavy atom. The highest BCUT2D eigenvalue weighted by Crippen LogP contribution is 2.45. The molecule has 10 aromatic heterocycles. The number of para-hydroxylation sites is 10. The van der Waals surface area contributed by atoms with Crippen molar-refractivity contribution >= 4 is 234 Å². The van der Waals surface area contributed by atoms with Gasteiger partial charge in [-0.1, -0.05) is 218 Å². The molecule has 612 valence electrons. The van der Waals surface area contributed by atoms with Crippen LogP contribution in [0.1, 0.15) is 33.1 Å². The third kappa shape index (κ3) is 11.7. The molecule has 2 atom stereocenters. The van der Waals surface area contributed by atoms with Crippen LogP contribution in [0.5, 0.6) is 0 Å². The number of nitrogens with two attached hydrogens (primary N) is 2. The smallest absolute Gasteiger partial charge is 0.135 e. The van der Waals surface area contributed by atoms with Crippen molar-refractivity contribution < 1.29 is 8.83 Å². The van der Waals surface area contributed by atoms with E-state index in [4.69, 9.17) is 20.3 Å². The number of furan rings is 2. The quantitative estimate of drug-likeness (QED) is 0.117. The first-order chi connectivity index (χ1) is 62.7. The summed E-state index contributed by atoms with van der Waals surface area (Å²) in [5.74, 6) is 0. The fourth-order valence-corrected chi connectivity index (χ4v) is 21.4. The molecule has 1 aliphatic rings. The fraction of sp³-hybridized carbons (Fsp3) is 0.0609. The molecule has 0 saturated heterocycles. The Morgan fingerprint density at radius 2 is 0.453 bits per heavy atom. The highest BCUT2D eigenvalue weighted by molar-refractivity contribution is 9.10. The number of H-pyrrole nitrogens is 3. The van der Waals surface area contributed by atoms with Crippen molar-refractivity contribution in [3.05, 3.63) is 381 Å². The van der Waals surface area contributed by atoms with Gasteiger partial charge in [-0.15, -0.1) is 0 Å². The van der Waals surface area contributed by atoms with Gasteiger partial charge in [0.1, 0.15) is 22.3 Å². The Kier molecular flexibility index (Phi) is 17.3. The molecule has 0 aliphatic heterocycles. The van der Waals surface area contributed by atoms with E-state index in [1.165, 1.54) is 160 Å². The second-order valence-electron chi connectivity index (χ2n) is 34.1. The lowest BCUT2D eigenvalue weighted by Crippen LogP contribution is -2.43. The van der Waals surface area contributed by atoms with Gasteiger partial charge in [0.05, 0.1) is 55.2 Å². The third-order valence-corrected chi connectivity index (χ3v) is 27.4. The van der Waals surface area contributed by atoms with Gasteiger partial charge in [-0.3, -0.25) is 0 Å². The molecule has 28 aromatic rings. The molecule has 0 spiro atoms.